The molecule has 0 amide bonds. The summed E-state index contributed by atoms with van der Waals surface area (Å²) in [5.74, 6) is -0.668. The molecule has 1 unspecified atom stereocenters. The average molecular weight is 648 g/mol. The zero-order valence-corrected chi connectivity index (χ0v) is 27.1. The Hall–Kier alpha value is -3.96. The lowest BCUT2D eigenvalue weighted by molar-refractivity contribution is 0.0135. The van der Waals surface area contributed by atoms with Crippen LogP contribution in [-0.4, -0.2) is 77.2 Å². The van der Waals surface area contributed by atoms with Crippen LogP contribution in [0.1, 0.15) is 46.3 Å². The van der Waals surface area contributed by atoms with E-state index in [1.165, 1.54) is 12.1 Å². The predicted molar refractivity (Wildman–Crippen MR) is 179 cm³/mol. The third-order valence-corrected chi connectivity index (χ3v) is 9.27. The van der Waals surface area contributed by atoms with Crippen molar-refractivity contribution in [1.82, 2.24) is 25.0 Å². The molecule has 242 valence electrons. The number of hydrogen-bond donors (Lipinski definition) is 3. The molecular formula is C35H39ClFN5O4. The Bertz CT molecular complexity index is 1880. The number of halogens is 2. The fraction of sp³-hybridized carbons (Fsp3) is 0.371. The van der Waals surface area contributed by atoms with E-state index in [9.17, 15) is 14.3 Å². The highest BCUT2D eigenvalue weighted by molar-refractivity contribution is 6.35. The van der Waals surface area contributed by atoms with Crippen molar-refractivity contribution in [2.45, 2.75) is 32.2 Å². The van der Waals surface area contributed by atoms with E-state index in [1.807, 2.05) is 56.0 Å². The predicted octanol–water partition coefficient (Wildman–Crippen LogP) is 6.52. The van der Waals surface area contributed by atoms with Gasteiger partial charge in [0.15, 0.2) is 0 Å². The number of benzene rings is 3. The highest BCUT2D eigenvalue weighted by Gasteiger charge is 2.31. The van der Waals surface area contributed by atoms with Crippen LogP contribution in [0, 0.1) is 12.7 Å². The number of ether oxygens (including phenoxy) is 2. The number of nitrogens with zero attached hydrogens (tertiary/aromatic N) is 3. The number of rotatable bonds is 12. The van der Waals surface area contributed by atoms with Gasteiger partial charge in [0.25, 0.3) is 0 Å². The molecule has 11 heteroatoms. The molecule has 3 aromatic carbocycles. The molecule has 0 spiro atoms. The smallest absolute Gasteiger partial charge is 0.352 e. The Morgan fingerprint density at radius 1 is 1.17 bits per heavy atom. The first-order chi connectivity index (χ1) is 22.3. The number of carboxylic acid groups (broad SMARTS) is 1. The maximum absolute atomic E-state index is 13.7. The van der Waals surface area contributed by atoms with Gasteiger partial charge < -0.3 is 24.9 Å². The molecule has 9 nitrogen and oxygen atoms in total. The number of nitrogens with one attached hydrogen (secondary N) is 2. The van der Waals surface area contributed by atoms with Gasteiger partial charge in [0.2, 0.25) is 0 Å². The lowest BCUT2D eigenvalue weighted by atomic mass is 9.94. The highest BCUT2D eigenvalue weighted by Crippen LogP contribution is 2.43. The van der Waals surface area contributed by atoms with E-state index in [-0.39, 0.29) is 17.6 Å². The Labute approximate surface area is 272 Å². The highest BCUT2D eigenvalue weighted by atomic mass is 35.5. The molecule has 5 aromatic rings. The Morgan fingerprint density at radius 3 is 2.72 bits per heavy atom. The molecule has 0 aliphatic carbocycles. The van der Waals surface area contributed by atoms with Crippen LogP contribution in [0.25, 0.3) is 32.8 Å². The number of aromatic carboxylic acids is 1. The first kappa shape index (κ1) is 32.0. The second-order valence-corrected chi connectivity index (χ2v) is 12.1. The van der Waals surface area contributed by atoms with Crippen LogP contribution in [0.2, 0.25) is 5.02 Å². The molecule has 0 radical (unpaired) electrons. The standard InChI is InChI=1S/C35H39ClFN5O4/c1-21-30(34(40-41(21)3)28(13-14-38-2)42-15-18-45-19-16-42)31-27(36)12-11-26-25(33(35(43)44)39-32(26)31)7-5-17-46-29-8-4-6-22-20-23(37)9-10-24(22)29/h4,6,8-12,20,28,38-39H,5,7,13-19H2,1-3H3,(H,43,44). The van der Waals surface area contributed by atoms with Crippen LogP contribution in [0.15, 0.2) is 48.5 Å². The molecule has 1 atom stereocenters. The van der Waals surface area contributed by atoms with E-state index in [4.69, 9.17) is 26.2 Å². The van der Waals surface area contributed by atoms with Crippen LogP contribution >= 0.6 is 11.6 Å². The number of carboxylic acids is 1. The van der Waals surface area contributed by atoms with Gasteiger partial charge in [-0.15, -0.1) is 0 Å². The van der Waals surface area contributed by atoms with E-state index in [2.05, 4.69) is 15.2 Å². The van der Waals surface area contributed by atoms with Crippen molar-refractivity contribution in [1.29, 1.82) is 0 Å². The van der Waals surface area contributed by atoms with E-state index in [1.54, 1.807) is 6.07 Å². The molecule has 1 saturated heterocycles. The van der Waals surface area contributed by atoms with Gasteiger partial charge in [-0.3, -0.25) is 9.58 Å². The van der Waals surface area contributed by atoms with Gasteiger partial charge in [-0.2, -0.15) is 5.10 Å². The van der Waals surface area contributed by atoms with Gasteiger partial charge in [0.1, 0.15) is 17.3 Å². The van der Waals surface area contributed by atoms with Gasteiger partial charge in [0.05, 0.1) is 42.1 Å². The number of aryl methyl sites for hydroxylation is 2. The summed E-state index contributed by atoms with van der Waals surface area (Å²) in [5, 5.41) is 21.5. The molecule has 0 saturated carbocycles. The van der Waals surface area contributed by atoms with Crippen LogP contribution in [0.4, 0.5) is 4.39 Å². The fourth-order valence-electron chi connectivity index (χ4n) is 6.60. The first-order valence-electron chi connectivity index (χ1n) is 15.7. The minimum atomic E-state index is -1.03. The summed E-state index contributed by atoms with van der Waals surface area (Å²) in [7, 11) is 3.88. The van der Waals surface area contributed by atoms with Crippen LogP contribution in [-0.2, 0) is 18.2 Å². The molecule has 2 aromatic heterocycles. The summed E-state index contributed by atoms with van der Waals surface area (Å²) in [4.78, 5) is 18.2. The van der Waals surface area contributed by atoms with Crippen molar-refractivity contribution in [3.63, 3.8) is 0 Å². The van der Waals surface area contributed by atoms with E-state index in [0.29, 0.717) is 54.5 Å². The van der Waals surface area contributed by atoms with Crippen molar-refractivity contribution in [2.75, 3.05) is 46.5 Å². The minimum absolute atomic E-state index is 0.0219. The van der Waals surface area contributed by atoms with Gasteiger partial charge in [-0.1, -0.05) is 29.8 Å². The van der Waals surface area contributed by atoms with Crippen LogP contribution in [0.3, 0.4) is 0 Å². The van der Waals surface area contributed by atoms with Gasteiger partial charge in [-0.05, 0) is 81.1 Å². The van der Waals surface area contributed by atoms with Gasteiger partial charge in [-0.25, -0.2) is 9.18 Å². The SMILES string of the molecule is CNCCC(c1nn(C)c(C)c1-c1c(Cl)ccc2c(CCCOc3cccc4cc(F)ccc34)c(C(=O)O)[nH]c12)N1CCOCC1. The quantitative estimate of drug-likeness (QED) is 0.133. The third kappa shape index (κ3) is 6.22. The molecule has 1 fully saturated rings. The van der Waals surface area contributed by atoms with Gasteiger partial charge in [0, 0.05) is 47.7 Å². The number of morpholine rings is 1. The summed E-state index contributed by atoms with van der Waals surface area (Å²) >= 11 is 6.99. The number of hydrogen-bond acceptors (Lipinski definition) is 6. The average Bonchev–Trinajstić information content (AvgIpc) is 3.56. The first-order valence-corrected chi connectivity index (χ1v) is 16.0. The van der Waals surface area contributed by atoms with Crippen molar-refractivity contribution in [3.8, 4) is 16.9 Å². The topological polar surface area (TPSA) is 105 Å². The van der Waals surface area contributed by atoms with Crippen LogP contribution in [0.5, 0.6) is 5.75 Å². The minimum Gasteiger partial charge on any atom is -0.493 e. The fourth-order valence-corrected chi connectivity index (χ4v) is 6.85. The van der Waals surface area contributed by atoms with E-state index >= 15 is 0 Å². The summed E-state index contributed by atoms with van der Waals surface area (Å²) in [6.07, 6.45) is 1.89. The summed E-state index contributed by atoms with van der Waals surface area (Å²) in [5.41, 5.74) is 5.07. The molecule has 6 rings (SSSR count). The molecular weight excluding hydrogens is 609 g/mol. The second-order valence-electron chi connectivity index (χ2n) is 11.7. The molecule has 0 bridgehead atoms. The zero-order chi connectivity index (χ0) is 32.4. The van der Waals surface area contributed by atoms with Gasteiger partial charge >= 0.3 is 5.97 Å². The largest absolute Gasteiger partial charge is 0.493 e. The lowest BCUT2D eigenvalue weighted by Gasteiger charge is -2.34. The number of aromatic nitrogens is 3. The zero-order valence-electron chi connectivity index (χ0n) is 26.3. The van der Waals surface area contributed by atoms with Crippen LogP contribution < -0.4 is 10.1 Å². The van der Waals surface area contributed by atoms with E-state index < -0.39 is 5.97 Å². The maximum Gasteiger partial charge on any atom is 0.352 e. The van der Waals surface area contributed by atoms with Crippen molar-refractivity contribution >= 4 is 39.2 Å². The molecule has 3 N–H and O–H groups in total. The Morgan fingerprint density at radius 2 is 1.96 bits per heavy atom. The molecule has 1 aliphatic heterocycles. The summed E-state index contributed by atoms with van der Waals surface area (Å²) in [6.45, 7) is 6.13. The number of aromatic amines is 1. The maximum atomic E-state index is 13.7. The Balaban J connectivity index is 1.35. The third-order valence-electron chi connectivity index (χ3n) is 8.96. The number of carbonyl (C=O) groups is 1. The Kier molecular flexibility index (Phi) is 9.60. The molecule has 46 heavy (non-hydrogen) atoms. The number of H-pyrrole nitrogens is 1. The number of fused-ring (bicyclic) bond motifs is 2. The van der Waals surface area contributed by atoms with Crippen molar-refractivity contribution in [2.24, 2.45) is 7.05 Å². The second kappa shape index (κ2) is 13.8. The van der Waals surface area contributed by atoms with E-state index in [0.717, 1.165) is 64.7 Å². The van der Waals surface area contributed by atoms with Crippen molar-refractivity contribution < 1.29 is 23.8 Å². The lowest BCUT2D eigenvalue weighted by Crippen LogP contribution is -2.40. The summed E-state index contributed by atoms with van der Waals surface area (Å²) in [6, 6.07) is 13.9. The van der Waals surface area contributed by atoms with Crippen molar-refractivity contribution in [3.05, 3.63) is 82.0 Å². The molecule has 3 heterocycles. The normalized spacial score (nSPS) is 14.7. The monoisotopic (exact) mass is 647 g/mol. The summed E-state index contributed by atoms with van der Waals surface area (Å²) < 4.78 is 27.4. The molecule has 1 aliphatic rings.